The van der Waals surface area contributed by atoms with Crippen molar-refractivity contribution >= 4 is 23.2 Å². The number of carbonyl (C=O) groups is 1. The van der Waals surface area contributed by atoms with Crippen molar-refractivity contribution < 1.29 is 13.9 Å². The van der Waals surface area contributed by atoms with Crippen molar-refractivity contribution in [2.45, 2.75) is 27.3 Å². The molecule has 0 aliphatic carbocycles. The lowest BCUT2D eigenvalue weighted by Crippen LogP contribution is -2.35. The van der Waals surface area contributed by atoms with Gasteiger partial charge < -0.3 is 14.1 Å². The summed E-state index contributed by atoms with van der Waals surface area (Å²) in [5.41, 5.74) is 3.82. The summed E-state index contributed by atoms with van der Waals surface area (Å²) >= 11 is 5.98. The Hall–Kier alpha value is -2.72. The van der Waals surface area contributed by atoms with E-state index in [2.05, 4.69) is 0 Å². The number of amides is 1. The molecule has 0 saturated carbocycles. The number of ether oxygens (including phenoxy) is 1. The minimum Gasteiger partial charge on any atom is -0.483 e. The van der Waals surface area contributed by atoms with Crippen molar-refractivity contribution in [1.82, 2.24) is 0 Å². The largest absolute Gasteiger partial charge is 0.483 e. The lowest BCUT2D eigenvalue weighted by molar-refractivity contribution is -0.120. The maximum Gasteiger partial charge on any atom is 0.265 e. The smallest absolute Gasteiger partial charge is 0.265 e. The van der Waals surface area contributed by atoms with Gasteiger partial charge in [0.15, 0.2) is 6.61 Å². The topological polar surface area (TPSA) is 42.7 Å². The van der Waals surface area contributed by atoms with Crippen LogP contribution in [0, 0.1) is 20.8 Å². The van der Waals surface area contributed by atoms with E-state index in [0.29, 0.717) is 23.1 Å². The first-order valence-corrected chi connectivity index (χ1v) is 9.11. The van der Waals surface area contributed by atoms with Crippen LogP contribution in [0.4, 0.5) is 5.69 Å². The first-order valence-electron chi connectivity index (χ1n) is 8.73. The van der Waals surface area contributed by atoms with Crippen molar-refractivity contribution in [2.24, 2.45) is 0 Å². The minimum absolute atomic E-state index is 0.0725. The molecule has 4 nitrogen and oxygen atoms in total. The van der Waals surface area contributed by atoms with Gasteiger partial charge in [0.1, 0.15) is 11.5 Å². The summed E-state index contributed by atoms with van der Waals surface area (Å²) in [6.07, 6.45) is 1.61. The predicted molar refractivity (Wildman–Crippen MR) is 107 cm³/mol. The second-order valence-corrected chi connectivity index (χ2v) is 6.93. The maximum atomic E-state index is 13.1. The molecule has 2 aromatic carbocycles. The Morgan fingerprint density at radius 3 is 2.41 bits per heavy atom. The summed E-state index contributed by atoms with van der Waals surface area (Å²) in [4.78, 5) is 14.8. The Kier molecular flexibility index (Phi) is 5.87. The Bertz CT molecular complexity index is 914. The molecule has 140 valence electrons. The van der Waals surface area contributed by atoms with Crippen molar-refractivity contribution in [1.29, 1.82) is 0 Å². The number of benzene rings is 2. The molecule has 0 atom stereocenters. The van der Waals surface area contributed by atoms with Gasteiger partial charge in [0.05, 0.1) is 18.5 Å². The van der Waals surface area contributed by atoms with Crippen molar-refractivity contribution in [3.05, 3.63) is 82.3 Å². The lowest BCUT2D eigenvalue weighted by atomic mass is 10.1. The molecule has 0 unspecified atom stereocenters. The summed E-state index contributed by atoms with van der Waals surface area (Å²) in [6.45, 7) is 6.17. The second kappa shape index (κ2) is 8.31. The van der Waals surface area contributed by atoms with Gasteiger partial charge in [-0.25, -0.2) is 0 Å². The van der Waals surface area contributed by atoms with E-state index < -0.39 is 0 Å². The molecule has 0 spiro atoms. The number of hydrogen-bond donors (Lipinski definition) is 0. The normalized spacial score (nSPS) is 10.7. The van der Waals surface area contributed by atoms with Crippen molar-refractivity contribution in [3.63, 3.8) is 0 Å². The van der Waals surface area contributed by atoms with E-state index in [0.717, 1.165) is 22.4 Å². The fourth-order valence-electron chi connectivity index (χ4n) is 3.07. The molecule has 0 fully saturated rings. The highest BCUT2D eigenvalue weighted by Gasteiger charge is 2.21. The third-order valence-corrected chi connectivity index (χ3v) is 4.63. The molecule has 0 N–H and O–H groups in total. The molecule has 0 aliphatic rings. The molecule has 1 aromatic heterocycles. The standard InChI is InChI=1S/C22H22ClNO3/c1-15-6-4-7-16(2)22(15)24(13-19-8-5-11-26-19)21(25)14-27-20-10-9-18(23)12-17(20)3/h4-12H,13-14H2,1-3H3. The zero-order valence-corrected chi connectivity index (χ0v) is 16.4. The average Bonchev–Trinajstić information content (AvgIpc) is 3.13. The molecule has 1 amide bonds. The van der Waals surface area contributed by atoms with Gasteiger partial charge in [-0.2, -0.15) is 0 Å². The Balaban J connectivity index is 1.84. The van der Waals surface area contributed by atoms with Gasteiger partial charge in [-0.1, -0.05) is 29.8 Å². The molecule has 3 aromatic rings. The third kappa shape index (κ3) is 4.52. The van der Waals surface area contributed by atoms with Gasteiger partial charge in [-0.15, -0.1) is 0 Å². The average molecular weight is 384 g/mol. The molecule has 3 rings (SSSR count). The van der Waals surface area contributed by atoms with Gasteiger partial charge in [0, 0.05) is 5.02 Å². The zero-order chi connectivity index (χ0) is 19.4. The van der Waals surface area contributed by atoms with Gasteiger partial charge in [0.2, 0.25) is 0 Å². The van der Waals surface area contributed by atoms with Crippen LogP contribution in [0.3, 0.4) is 0 Å². The SMILES string of the molecule is Cc1cc(Cl)ccc1OCC(=O)N(Cc1ccco1)c1c(C)cccc1C. The van der Waals surface area contributed by atoms with E-state index in [-0.39, 0.29) is 12.5 Å². The third-order valence-electron chi connectivity index (χ3n) is 4.39. The number of carbonyl (C=O) groups excluding carboxylic acids is 1. The van der Waals surface area contributed by atoms with Crippen LogP contribution in [-0.4, -0.2) is 12.5 Å². The first-order chi connectivity index (χ1) is 13.0. The summed E-state index contributed by atoms with van der Waals surface area (Å²) in [5, 5.41) is 0.640. The number of nitrogens with zero attached hydrogens (tertiary/aromatic N) is 1. The van der Waals surface area contributed by atoms with Crippen LogP contribution >= 0.6 is 11.6 Å². The van der Waals surface area contributed by atoms with Crippen molar-refractivity contribution in [3.8, 4) is 5.75 Å². The Labute approximate surface area is 164 Å². The summed E-state index contributed by atoms with van der Waals surface area (Å²) < 4.78 is 11.2. The van der Waals surface area contributed by atoms with Crippen LogP contribution in [0.1, 0.15) is 22.5 Å². The van der Waals surface area contributed by atoms with Crippen molar-refractivity contribution in [2.75, 3.05) is 11.5 Å². The zero-order valence-electron chi connectivity index (χ0n) is 15.7. The summed E-state index contributed by atoms with van der Waals surface area (Å²) in [7, 11) is 0. The first kappa shape index (κ1) is 19.1. The van der Waals surface area contributed by atoms with Gasteiger partial charge in [0.25, 0.3) is 5.91 Å². The van der Waals surface area contributed by atoms with E-state index in [4.69, 9.17) is 20.8 Å². The molecule has 5 heteroatoms. The van der Waals surface area contributed by atoms with Crippen LogP contribution < -0.4 is 9.64 Å². The number of hydrogen-bond acceptors (Lipinski definition) is 3. The van der Waals surface area contributed by atoms with Crippen LogP contribution in [0.2, 0.25) is 5.02 Å². The number of aryl methyl sites for hydroxylation is 3. The minimum atomic E-state index is -0.141. The monoisotopic (exact) mass is 383 g/mol. The molecule has 1 heterocycles. The number of furan rings is 1. The number of anilines is 1. The highest BCUT2D eigenvalue weighted by molar-refractivity contribution is 6.30. The predicted octanol–water partition coefficient (Wildman–Crippen LogP) is 5.47. The van der Waals surface area contributed by atoms with E-state index in [1.807, 2.05) is 57.2 Å². The van der Waals surface area contributed by atoms with Crippen LogP contribution in [0.5, 0.6) is 5.75 Å². The maximum absolute atomic E-state index is 13.1. The molecule has 0 aliphatic heterocycles. The number of halogens is 1. The van der Waals surface area contributed by atoms with E-state index in [9.17, 15) is 4.79 Å². The number of rotatable bonds is 6. The Morgan fingerprint density at radius 1 is 1.04 bits per heavy atom. The van der Waals surface area contributed by atoms with Gasteiger partial charge >= 0.3 is 0 Å². The highest BCUT2D eigenvalue weighted by atomic mass is 35.5. The quantitative estimate of drug-likeness (QED) is 0.566. The second-order valence-electron chi connectivity index (χ2n) is 6.50. The molecular weight excluding hydrogens is 362 g/mol. The van der Waals surface area contributed by atoms with Crippen LogP contribution in [0.15, 0.2) is 59.2 Å². The number of para-hydroxylation sites is 1. The summed E-state index contributed by atoms with van der Waals surface area (Å²) in [5.74, 6) is 1.22. The van der Waals surface area contributed by atoms with Gasteiger partial charge in [-0.05, 0) is 67.8 Å². The van der Waals surface area contributed by atoms with Crippen LogP contribution in [-0.2, 0) is 11.3 Å². The molecule has 0 radical (unpaired) electrons. The molecular formula is C22H22ClNO3. The van der Waals surface area contributed by atoms with Crippen LogP contribution in [0.25, 0.3) is 0 Å². The Morgan fingerprint density at radius 2 is 1.78 bits per heavy atom. The fourth-order valence-corrected chi connectivity index (χ4v) is 3.30. The molecule has 0 bridgehead atoms. The highest BCUT2D eigenvalue weighted by Crippen LogP contribution is 2.27. The fraction of sp³-hybridized carbons (Fsp3) is 0.227. The summed E-state index contributed by atoms with van der Waals surface area (Å²) in [6, 6.07) is 15.0. The lowest BCUT2D eigenvalue weighted by Gasteiger charge is -2.25. The van der Waals surface area contributed by atoms with Gasteiger partial charge in [-0.3, -0.25) is 4.79 Å². The van der Waals surface area contributed by atoms with E-state index in [1.165, 1.54) is 0 Å². The molecule has 0 saturated heterocycles. The van der Waals surface area contributed by atoms with E-state index in [1.54, 1.807) is 23.3 Å². The van der Waals surface area contributed by atoms with E-state index >= 15 is 0 Å². The molecule has 27 heavy (non-hydrogen) atoms.